The lowest BCUT2D eigenvalue weighted by Gasteiger charge is -2.03. The number of hydrogen-bond acceptors (Lipinski definition) is 3. The van der Waals surface area contributed by atoms with Crippen molar-refractivity contribution in [3.05, 3.63) is 60.0 Å². The van der Waals surface area contributed by atoms with Gasteiger partial charge in [0.05, 0.1) is 11.3 Å². The highest BCUT2D eigenvalue weighted by Gasteiger charge is 2.09. The molecule has 2 aromatic heterocycles. The number of aromatic nitrogens is 2. The van der Waals surface area contributed by atoms with Gasteiger partial charge in [-0.2, -0.15) is 5.26 Å². The van der Waals surface area contributed by atoms with Crippen LogP contribution in [-0.4, -0.2) is 15.9 Å². The van der Waals surface area contributed by atoms with Crippen LogP contribution in [0.15, 0.2) is 48.8 Å². The van der Waals surface area contributed by atoms with Gasteiger partial charge in [-0.1, -0.05) is 18.2 Å². The van der Waals surface area contributed by atoms with E-state index in [-0.39, 0.29) is 11.6 Å². The summed E-state index contributed by atoms with van der Waals surface area (Å²) in [6.07, 6.45) is 3.14. The Kier molecular flexibility index (Phi) is 2.90. The molecule has 1 aromatic carbocycles. The highest BCUT2D eigenvalue weighted by atomic mass is 16.1. The third kappa shape index (κ3) is 2.10. The lowest BCUT2D eigenvalue weighted by molar-refractivity contribution is 0.102. The van der Waals surface area contributed by atoms with E-state index in [0.29, 0.717) is 5.56 Å². The molecule has 5 heteroatoms. The SMILES string of the molecule is N#Cc1ccc(C(=O)Nc2c[nH]c3ccccc23)cn1. The fraction of sp³-hybridized carbons (Fsp3) is 0. The first-order chi connectivity index (χ1) is 9.78. The number of para-hydroxylation sites is 1. The van der Waals surface area contributed by atoms with E-state index >= 15 is 0 Å². The van der Waals surface area contributed by atoms with Crippen LogP contribution in [0.25, 0.3) is 10.9 Å². The number of rotatable bonds is 2. The van der Waals surface area contributed by atoms with Gasteiger partial charge >= 0.3 is 0 Å². The Morgan fingerprint density at radius 2 is 2.10 bits per heavy atom. The summed E-state index contributed by atoms with van der Waals surface area (Å²) in [5.74, 6) is -0.258. The average Bonchev–Trinajstić information content (AvgIpc) is 2.91. The van der Waals surface area contributed by atoms with Gasteiger partial charge in [0, 0.05) is 23.3 Å². The lowest BCUT2D eigenvalue weighted by atomic mass is 10.2. The zero-order chi connectivity index (χ0) is 13.9. The number of aromatic amines is 1. The average molecular weight is 262 g/mol. The molecule has 0 bridgehead atoms. The molecule has 3 aromatic rings. The number of carbonyl (C=O) groups is 1. The molecule has 2 heterocycles. The largest absolute Gasteiger partial charge is 0.359 e. The van der Waals surface area contributed by atoms with E-state index in [2.05, 4.69) is 15.3 Å². The van der Waals surface area contributed by atoms with Crippen molar-refractivity contribution < 1.29 is 4.79 Å². The number of anilines is 1. The number of fused-ring (bicyclic) bond motifs is 1. The third-order valence-electron chi connectivity index (χ3n) is 2.98. The van der Waals surface area contributed by atoms with Crippen LogP contribution in [0, 0.1) is 11.3 Å². The predicted octanol–water partition coefficient (Wildman–Crippen LogP) is 2.69. The minimum atomic E-state index is -0.258. The summed E-state index contributed by atoms with van der Waals surface area (Å²) in [5.41, 5.74) is 2.37. The molecule has 96 valence electrons. The Morgan fingerprint density at radius 3 is 2.85 bits per heavy atom. The topological polar surface area (TPSA) is 81.6 Å². The first-order valence-corrected chi connectivity index (χ1v) is 6.01. The molecule has 20 heavy (non-hydrogen) atoms. The van der Waals surface area contributed by atoms with E-state index in [9.17, 15) is 4.79 Å². The van der Waals surface area contributed by atoms with E-state index < -0.39 is 0 Å². The summed E-state index contributed by atoms with van der Waals surface area (Å²) in [5, 5.41) is 12.4. The van der Waals surface area contributed by atoms with Crippen LogP contribution in [0.2, 0.25) is 0 Å². The van der Waals surface area contributed by atoms with Gasteiger partial charge in [-0.3, -0.25) is 4.79 Å². The van der Waals surface area contributed by atoms with E-state index in [0.717, 1.165) is 16.6 Å². The molecule has 1 amide bonds. The molecule has 0 fully saturated rings. The highest BCUT2D eigenvalue weighted by molar-refractivity contribution is 6.08. The molecular weight excluding hydrogens is 252 g/mol. The molecular formula is C15H10N4O. The smallest absolute Gasteiger partial charge is 0.257 e. The van der Waals surface area contributed by atoms with Gasteiger partial charge in [-0.25, -0.2) is 4.98 Å². The van der Waals surface area contributed by atoms with E-state index in [1.807, 2.05) is 30.3 Å². The minimum absolute atomic E-state index is 0.258. The van der Waals surface area contributed by atoms with Crippen LogP contribution >= 0.6 is 0 Å². The monoisotopic (exact) mass is 262 g/mol. The summed E-state index contributed by atoms with van der Waals surface area (Å²) in [6, 6.07) is 12.7. The maximum atomic E-state index is 12.1. The van der Waals surface area contributed by atoms with Crippen LogP contribution in [0.4, 0.5) is 5.69 Å². The van der Waals surface area contributed by atoms with Crippen LogP contribution in [-0.2, 0) is 0 Å². The van der Waals surface area contributed by atoms with Gasteiger partial charge in [0.1, 0.15) is 11.8 Å². The molecule has 3 rings (SSSR count). The van der Waals surface area contributed by atoms with Crippen molar-refractivity contribution in [1.82, 2.24) is 9.97 Å². The Morgan fingerprint density at radius 1 is 1.25 bits per heavy atom. The Balaban J connectivity index is 1.87. The maximum absolute atomic E-state index is 12.1. The minimum Gasteiger partial charge on any atom is -0.359 e. The number of nitrogens with zero attached hydrogens (tertiary/aromatic N) is 2. The second-order valence-electron chi connectivity index (χ2n) is 4.25. The number of amides is 1. The summed E-state index contributed by atoms with van der Waals surface area (Å²) < 4.78 is 0. The number of carbonyl (C=O) groups excluding carboxylic acids is 1. The number of H-pyrrole nitrogens is 1. The molecule has 5 nitrogen and oxygen atoms in total. The Hall–Kier alpha value is -3.13. The molecule has 0 spiro atoms. The zero-order valence-corrected chi connectivity index (χ0v) is 10.4. The van der Waals surface area contributed by atoms with Crippen LogP contribution in [0.3, 0.4) is 0 Å². The third-order valence-corrected chi connectivity index (χ3v) is 2.98. The van der Waals surface area contributed by atoms with Crippen molar-refractivity contribution in [3.63, 3.8) is 0 Å². The van der Waals surface area contributed by atoms with Gasteiger partial charge in [0.15, 0.2) is 0 Å². The van der Waals surface area contributed by atoms with Gasteiger partial charge in [0.25, 0.3) is 5.91 Å². The number of pyridine rings is 1. The maximum Gasteiger partial charge on any atom is 0.257 e. The van der Waals surface area contributed by atoms with Crippen molar-refractivity contribution in [2.45, 2.75) is 0 Å². The fourth-order valence-corrected chi connectivity index (χ4v) is 1.96. The number of hydrogen-bond donors (Lipinski definition) is 2. The zero-order valence-electron chi connectivity index (χ0n) is 10.4. The van der Waals surface area contributed by atoms with E-state index in [1.165, 1.54) is 12.3 Å². The Bertz CT molecular complexity index is 812. The summed E-state index contributed by atoms with van der Waals surface area (Å²) in [7, 11) is 0. The van der Waals surface area contributed by atoms with E-state index in [1.54, 1.807) is 12.3 Å². The number of benzene rings is 1. The second kappa shape index (κ2) is 4.86. The quantitative estimate of drug-likeness (QED) is 0.745. The molecule has 0 atom stereocenters. The van der Waals surface area contributed by atoms with Crippen molar-refractivity contribution in [2.24, 2.45) is 0 Å². The van der Waals surface area contributed by atoms with Gasteiger partial charge in [0.2, 0.25) is 0 Å². The van der Waals surface area contributed by atoms with Crippen molar-refractivity contribution in [1.29, 1.82) is 5.26 Å². The van der Waals surface area contributed by atoms with Gasteiger partial charge in [-0.05, 0) is 18.2 Å². The van der Waals surface area contributed by atoms with Gasteiger partial charge < -0.3 is 10.3 Å². The number of nitriles is 1. The molecule has 0 aliphatic heterocycles. The van der Waals surface area contributed by atoms with E-state index in [4.69, 9.17) is 5.26 Å². The Labute approximate surface area is 114 Å². The predicted molar refractivity (Wildman–Crippen MR) is 75.2 cm³/mol. The number of nitrogens with one attached hydrogen (secondary N) is 2. The van der Waals surface area contributed by atoms with Crippen LogP contribution in [0.5, 0.6) is 0 Å². The summed E-state index contributed by atoms with van der Waals surface area (Å²) in [4.78, 5) is 19.1. The van der Waals surface area contributed by atoms with Crippen molar-refractivity contribution in [3.8, 4) is 6.07 Å². The molecule has 0 saturated carbocycles. The molecule has 2 N–H and O–H groups in total. The molecule has 0 aliphatic carbocycles. The molecule has 0 aliphatic rings. The second-order valence-corrected chi connectivity index (χ2v) is 4.25. The molecule has 0 saturated heterocycles. The van der Waals surface area contributed by atoms with Gasteiger partial charge in [-0.15, -0.1) is 0 Å². The van der Waals surface area contributed by atoms with Crippen molar-refractivity contribution in [2.75, 3.05) is 5.32 Å². The van der Waals surface area contributed by atoms with Crippen LogP contribution in [0.1, 0.15) is 16.1 Å². The first kappa shape index (κ1) is 11.9. The molecule has 0 radical (unpaired) electrons. The first-order valence-electron chi connectivity index (χ1n) is 6.01. The highest BCUT2D eigenvalue weighted by Crippen LogP contribution is 2.22. The summed E-state index contributed by atoms with van der Waals surface area (Å²) in [6.45, 7) is 0. The standard InChI is InChI=1S/C15H10N4O/c16-7-11-6-5-10(8-17-11)15(20)19-14-9-18-13-4-2-1-3-12(13)14/h1-6,8-9,18H,(H,19,20). The fourth-order valence-electron chi connectivity index (χ4n) is 1.96. The summed E-state index contributed by atoms with van der Waals surface area (Å²) >= 11 is 0. The van der Waals surface area contributed by atoms with Crippen LogP contribution < -0.4 is 5.32 Å². The van der Waals surface area contributed by atoms with Crippen molar-refractivity contribution >= 4 is 22.5 Å². The normalized spacial score (nSPS) is 10.2. The lowest BCUT2D eigenvalue weighted by Crippen LogP contribution is -2.11. The molecule has 0 unspecified atom stereocenters.